The molecule has 5 rings (SSSR count). The van der Waals surface area contributed by atoms with Gasteiger partial charge in [-0.05, 0) is 55.2 Å². The molecular weight excluding hydrogens is 462 g/mol. The summed E-state index contributed by atoms with van der Waals surface area (Å²) >= 11 is 6.59. The van der Waals surface area contributed by atoms with Crippen LogP contribution in [0.15, 0.2) is 55.0 Å². The third-order valence-electron chi connectivity index (χ3n) is 6.34. The number of ether oxygens (including phenoxy) is 1. The molecular formula is C27H28ClN5O2. The van der Waals surface area contributed by atoms with Gasteiger partial charge in [0.2, 0.25) is 0 Å². The Morgan fingerprint density at radius 2 is 1.94 bits per heavy atom. The highest BCUT2D eigenvalue weighted by atomic mass is 35.5. The van der Waals surface area contributed by atoms with Crippen molar-refractivity contribution in [2.24, 2.45) is 0 Å². The van der Waals surface area contributed by atoms with Gasteiger partial charge >= 0.3 is 0 Å². The van der Waals surface area contributed by atoms with E-state index in [4.69, 9.17) is 16.3 Å². The van der Waals surface area contributed by atoms with E-state index in [0.717, 1.165) is 65.3 Å². The molecule has 1 N–H and O–H groups in total. The number of anilines is 1. The van der Waals surface area contributed by atoms with E-state index in [1.165, 1.54) is 4.90 Å². The quantitative estimate of drug-likeness (QED) is 0.409. The molecule has 1 saturated heterocycles. The lowest BCUT2D eigenvalue weighted by molar-refractivity contribution is 0.0827. The minimum Gasteiger partial charge on any atom is -0.381 e. The van der Waals surface area contributed by atoms with Crippen molar-refractivity contribution in [3.63, 3.8) is 0 Å². The van der Waals surface area contributed by atoms with Crippen molar-refractivity contribution in [1.29, 1.82) is 0 Å². The van der Waals surface area contributed by atoms with Crippen LogP contribution in [0.4, 0.5) is 5.82 Å². The molecule has 0 unspecified atom stereocenters. The number of carbonyl (C=O) groups is 1. The number of nitrogens with zero attached hydrogens (tertiary/aromatic N) is 4. The van der Waals surface area contributed by atoms with Crippen LogP contribution >= 0.6 is 11.6 Å². The van der Waals surface area contributed by atoms with Gasteiger partial charge in [0, 0.05) is 50.8 Å². The summed E-state index contributed by atoms with van der Waals surface area (Å²) in [5, 5.41) is 4.96. The summed E-state index contributed by atoms with van der Waals surface area (Å²) in [6.45, 7) is 3.55. The van der Waals surface area contributed by atoms with Crippen LogP contribution in [-0.4, -0.2) is 58.7 Å². The van der Waals surface area contributed by atoms with Crippen LogP contribution in [0.3, 0.4) is 0 Å². The predicted molar refractivity (Wildman–Crippen MR) is 140 cm³/mol. The van der Waals surface area contributed by atoms with E-state index in [-0.39, 0.29) is 11.9 Å². The van der Waals surface area contributed by atoms with Crippen molar-refractivity contribution in [2.75, 3.05) is 32.6 Å². The number of amides is 1. The van der Waals surface area contributed by atoms with Crippen LogP contribution in [0.2, 0.25) is 5.02 Å². The number of carbonyl (C=O) groups excluding carboxylic acids is 1. The van der Waals surface area contributed by atoms with Crippen LogP contribution < -0.4 is 5.32 Å². The van der Waals surface area contributed by atoms with E-state index in [0.29, 0.717) is 10.6 Å². The average molecular weight is 490 g/mol. The average Bonchev–Trinajstić information content (AvgIpc) is 3.25. The summed E-state index contributed by atoms with van der Waals surface area (Å²) in [5.74, 6) is 0.654. The van der Waals surface area contributed by atoms with Crippen LogP contribution in [0.25, 0.3) is 27.8 Å². The molecule has 0 bridgehead atoms. The molecule has 2 aromatic heterocycles. The zero-order valence-corrected chi connectivity index (χ0v) is 20.8. The molecule has 0 aliphatic carbocycles. The molecule has 1 aliphatic heterocycles. The van der Waals surface area contributed by atoms with Gasteiger partial charge in [0.25, 0.3) is 5.91 Å². The van der Waals surface area contributed by atoms with Crippen molar-refractivity contribution >= 4 is 34.4 Å². The Hall–Kier alpha value is -3.42. The van der Waals surface area contributed by atoms with Crippen LogP contribution in [-0.2, 0) is 4.74 Å². The molecule has 0 spiro atoms. The van der Waals surface area contributed by atoms with Gasteiger partial charge in [0.1, 0.15) is 12.1 Å². The molecule has 7 nitrogen and oxygen atoms in total. The summed E-state index contributed by atoms with van der Waals surface area (Å²) in [5.41, 5.74) is 5.30. The van der Waals surface area contributed by atoms with Crippen molar-refractivity contribution in [3.8, 4) is 16.8 Å². The summed E-state index contributed by atoms with van der Waals surface area (Å²) in [6, 6.07) is 14.1. The number of aryl methyl sites for hydroxylation is 1. The summed E-state index contributed by atoms with van der Waals surface area (Å²) in [7, 11) is 3.43. The maximum atomic E-state index is 12.5. The molecule has 35 heavy (non-hydrogen) atoms. The first-order valence-electron chi connectivity index (χ1n) is 11.7. The fourth-order valence-electron chi connectivity index (χ4n) is 4.50. The minimum atomic E-state index is -0.131. The topological polar surface area (TPSA) is 72.3 Å². The van der Waals surface area contributed by atoms with E-state index < -0.39 is 0 Å². The van der Waals surface area contributed by atoms with E-state index in [1.54, 1.807) is 26.5 Å². The van der Waals surface area contributed by atoms with Gasteiger partial charge in [-0.25, -0.2) is 9.97 Å². The largest absolute Gasteiger partial charge is 0.381 e. The Balaban J connectivity index is 1.68. The van der Waals surface area contributed by atoms with Crippen LogP contribution in [0.5, 0.6) is 0 Å². The molecule has 4 aromatic rings. The lowest BCUT2D eigenvalue weighted by Crippen LogP contribution is -2.28. The minimum absolute atomic E-state index is 0.131. The second kappa shape index (κ2) is 9.68. The fraction of sp³-hybridized carbons (Fsp3) is 0.296. The molecule has 1 aliphatic rings. The molecule has 1 amide bonds. The third-order valence-corrected chi connectivity index (χ3v) is 6.65. The number of hydrogen-bond acceptors (Lipinski definition) is 5. The molecule has 0 radical (unpaired) electrons. The molecule has 2 aromatic carbocycles. The van der Waals surface area contributed by atoms with Crippen molar-refractivity contribution in [3.05, 3.63) is 71.1 Å². The molecule has 8 heteroatoms. The number of halogens is 1. The maximum absolute atomic E-state index is 12.5. The first-order valence-corrected chi connectivity index (χ1v) is 12.1. The van der Waals surface area contributed by atoms with E-state index >= 15 is 0 Å². The van der Waals surface area contributed by atoms with Gasteiger partial charge in [-0.1, -0.05) is 29.8 Å². The fourth-order valence-corrected chi connectivity index (χ4v) is 4.76. The monoisotopic (exact) mass is 489 g/mol. The van der Waals surface area contributed by atoms with E-state index in [2.05, 4.69) is 51.2 Å². The van der Waals surface area contributed by atoms with E-state index in [1.807, 2.05) is 18.2 Å². The van der Waals surface area contributed by atoms with Gasteiger partial charge < -0.3 is 19.5 Å². The van der Waals surface area contributed by atoms with Crippen LogP contribution in [0.1, 0.15) is 28.8 Å². The van der Waals surface area contributed by atoms with Gasteiger partial charge in [0.15, 0.2) is 5.65 Å². The second-order valence-corrected chi connectivity index (χ2v) is 9.51. The Bertz CT molecular complexity index is 1390. The van der Waals surface area contributed by atoms with Gasteiger partial charge in [-0.3, -0.25) is 4.79 Å². The number of nitrogens with one attached hydrogen (secondary N) is 1. The summed E-state index contributed by atoms with van der Waals surface area (Å²) in [4.78, 5) is 23.3. The SMILES string of the molecule is Cc1cccc(-n2cc(-c3ccc(C(=O)N(C)C)c(Cl)c3)c3c(NC4CCOCC4)ncnc32)c1. The highest BCUT2D eigenvalue weighted by molar-refractivity contribution is 6.34. The van der Waals surface area contributed by atoms with E-state index in [9.17, 15) is 4.79 Å². The number of fused-ring (bicyclic) bond motifs is 1. The van der Waals surface area contributed by atoms with Gasteiger partial charge in [0.05, 0.1) is 16.0 Å². The van der Waals surface area contributed by atoms with Gasteiger partial charge in [-0.2, -0.15) is 0 Å². The molecule has 180 valence electrons. The molecule has 3 heterocycles. The Labute approximate surface area is 209 Å². The molecule has 1 fully saturated rings. The van der Waals surface area contributed by atoms with Crippen molar-refractivity contribution in [2.45, 2.75) is 25.8 Å². The summed E-state index contributed by atoms with van der Waals surface area (Å²) < 4.78 is 7.61. The smallest absolute Gasteiger partial charge is 0.254 e. The Kier molecular flexibility index (Phi) is 6.45. The van der Waals surface area contributed by atoms with Crippen LogP contribution in [0, 0.1) is 6.92 Å². The zero-order chi connectivity index (χ0) is 24.5. The first-order chi connectivity index (χ1) is 16.9. The molecule has 0 saturated carbocycles. The first kappa shape index (κ1) is 23.3. The lowest BCUT2D eigenvalue weighted by atomic mass is 10.0. The highest BCUT2D eigenvalue weighted by Crippen LogP contribution is 2.37. The normalized spacial score (nSPS) is 14.3. The summed E-state index contributed by atoms with van der Waals surface area (Å²) in [6.07, 6.45) is 5.52. The second-order valence-electron chi connectivity index (χ2n) is 9.10. The van der Waals surface area contributed by atoms with Crippen molar-refractivity contribution < 1.29 is 9.53 Å². The third kappa shape index (κ3) is 4.61. The molecule has 0 atom stereocenters. The Morgan fingerprint density at radius 1 is 1.14 bits per heavy atom. The number of benzene rings is 2. The number of rotatable bonds is 5. The number of aromatic nitrogens is 3. The lowest BCUT2D eigenvalue weighted by Gasteiger charge is -2.24. The standard InChI is InChI=1S/C27H28ClN5O2/c1-17-5-4-6-20(13-17)33-15-22(18-7-8-21(23(28)14-18)27(34)32(2)3)24-25(29-16-30-26(24)33)31-19-9-11-35-12-10-19/h4-8,13-16,19H,9-12H2,1-3H3,(H,29,30,31). The zero-order valence-electron chi connectivity index (χ0n) is 20.1. The predicted octanol–water partition coefficient (Wildman–Crippen LogP) is 5.34. The number of hydrogen-bond donors (Lipinski definition) is 1. The Morgan fingerprint density at radius 3 is 2.66 bits per heavy atom. The maximum Gasteiger partial charge on any atom is 0.254 e. The van der Waals surface area contributed by atoms with Gasteiger partial charge in [-0.15, -0.1) is 0 Å². The highest BCUT2D eigenvalue weighted by Gasteiger charge is 2.22. The van der Waals surface area contributed by atoms with Crippen molar-refractivity contribution in [1.82, 2.24) is 19.4 Å².